The van der Waals surface area contributed by atoms with E-state index in [1.165, 1.54) is 6.33 Å². The molecule has 0 aliphatic heterocycles. The average molecular weight is 286 g/mol. The first-order valence-corrected chi connectivity index (χ1v) is 7.22. The van der Waals surface area contributed by atoms with Crippen LogP contribution in [0.15, 0.2) is 42.3 Å². The highest BCUT2D eigenvalue weighted by molar-refractivity contribution is 7.10. The van der Waals surface area contributed by atoms with E-state index in [2.05, 4.69) is 20.3 Å². The molecule has 0 saturated carbocycles. The molecule has 20 heavy (non-hydrogen) atoms. The molecule has 0 amide bonds. The summed E-state index contributed by atoms with van der Waals surface area (Å²) in [5, 5.41) is 16.2. The van der Waals surface area contributed by atoms with Crippen molar-refractivity contribution in [2.45, 2.75) is 12.5 Å². The summed E-state index contributed by atoms with van der Waals surface area (Å²) in [6, 6.07) is 5.77. The van der Waals surface area contributed by atoms with Gasteiger partial charge >= 0.3 is 0 Å². The van der Waals surface area contributed by atoms with Gasteiger partial charge in [-0.25, -0.2) is 9.97 Å². The largest absolute Gasteiger partial charge is 0.388 e. The fraction of sp³-hybridized carbons (Fsp3) is 0.214. The van der Waals surface area contributed by atoms with Crippen molar-refractivity contribution in [3.05, 3.63) is 47.2 Å². The van der Waals surface area contributed by atoms with E-state index in [9.17, 15) is 5.11 Å². The first-order chi connectivity index (χ1) is 9.84. The SMILES string of the molecule is OC(CCNc1ncnc2cnccc12)c1cccs1. The van der Waals surface area contributed by atoms with E-state index in [1.54, 1.807) is 23.7 Å². The number of aliphatic hydroxyl groups is 1. The van der Waals surface area contributed by atoms with E-state index in [1.807, 2.05) is 23.6 Å². The fourth-order valence-corrected chi connectivity index (χ4v) is 2.75. The van der Waals surface area contributed by atoms with Gasteiger partial charge in [0, 0.05) is 23.0 Å². The molecular formula is C14H14N4OS. The summed E-state index contributed by atoms with van der Waals surface area (Å²) in [5.74, 6) is 0.774. The molecule has 102 valence electrons. The predicted octanol–water partition coefficient (Wildman–Crippen LogP) is 2.62. The number of hydrogen-bond acceptors (Lipinski definition) is 6. The fourth-order valence-electron chi connectivity index (χ4n) is 2.00. The number of fused-ring (bicyclic) bond motifs is 1. The molecule has 0 aromatic carbocycles. The zero-order valence-electron chi connectivity index (χ0n) is 10.7. The second kappa shape index (κ2) is 5.94. The van der Waals surface area contributed by atoms with Crippen molar-refractivity contribution in [1.82, 2.24) is 15.0 Å². The lowest BCUT2D eigenvalue weighted by atomic mass is 10.2. The predicted molar refractivity (Wildman–Crippen MR) is 79.7 cm³/mol. The number of anilines is 1. The zero-order chi connectivity index (χ0) is 13.8. The van der Waals surface area contributed by atoms with Crippen LogP contribution in [0.3, 0.4) is 0 Å². The average Bonchev–Trinajstić information content (AvgIpc) is 3.02. The first-order valence-electron chi connectivity index (χ1n) is 6.34. The molecule has 0 bridgehead atoms. The Hall–Kier alpha value is -2.05. The molecule has 0 aliphatic carbocycles. The van der Waals surface area contributed by atoms with Crippen LogP contribution in [-0.2, 0) is 0 Å². The molecule has 3 heterocycles. The molecule has 2 N–H and O–H groups in total. The summed E-state index contributed by atoms with van der Waals surface area (Å²) in [7, 11) is 0. The molecule has 0 spiro atoms. The summed E-state index contributed by atoms with van der Waals surface area (Å²) in [4.78, 5) is 13.4. The molecule has 1 unspecified atom stereocenters. The lowest BCUT2D eigenvalue weighted by molar-refractivity contribution is 0.175. The summed E-state index contributed by atoms with van der Waals surface area (Å²) in [6.45, 7) is 0.646. The number of aliphatic hydroxyl groups excluding tert-OH is 1. The van der Waals surface area contributed by atoms with Crippen molar-refractivity contribution < 1.29 is 5.11 Å². The van der Waals surface area contributed by atoms with Gasteiger partial charge in [0.15, 0.2) is 0 Å². The quantitative estimate of drug-likeness (QED) is 0.754. The summed E-state index contributed by atoms with van der Waals surface area (Å²) in [6.07, 6.45) is 5.15. The van der Waals surface area contributed by atoms with E-state index >= 15 is 0 Å². The number of rotatable bonds is 5. The number of pyridine rings is 1. The molecule has 0 radical (unpaired) electrons. The minimum atomic E-state index is -0.433. The van der Waals surface area contributed by atoms with Crippen molar-refractivity contribution in [3.8, 4) is 0 Å². The molecule has 1 atom stereocenters. The minimum absolute atomic E-state index is 0.433. The van der Waals surface area contributed by atoms with Gasteiger partial charge in [-0.1, -0.05) is 6.07 Å². The van der Waals surface area contributed by atoms with Gasteiger partial charge in [-0.05, 0) is 23.9 Å². The van der Waals surface area contributed by atoms with Gasteiger partial charge in [0.2, 0.25) is 0 Å². The van der Waals surface area contributed by atoms with Gasteiger partial charge in [0.25, 0.3) is 0 Å². The van der Waals surface area contributed by atoms with Gasteiger partial charge in [0.05, 0.1) is 17.8 Å². The molecular weight excluding hydrogens is 272 g/mol. The topological polar surface area (TPSA) is 70.9 Å². The van der Waals surface area contributed by atoms with Crippen molar-refractivity contribution in [3.63, 3.8) is 0 Å². The van der Waals surface area contributed by atoms with Crippen LogP contribution >= 0.6 is 11.3 Å². The molecule has 3 rings (SSSR count). The highest BCUT2D eigenvalue weighted by atomic mass is 32.1. The van der Waals surface area contributed by atoms with Crippen LogP contribution in [0.2, 0.25) is 0 Å². The van der Waals surface area contributed by atoms with Crippen LogP contribution in [0, 0.1) is 0 Å². The van der Waals surface area contributed by atoms with E-state index in [0.29, 0.717) is 13.0 Å². The Labute approximate surface area is 120 Å². The summed E-state index contributed by atoms with van der Waals surface area (Å²) >= 11 is 1.57. The Morgan fingerprint density at radius 1 is 1.30 bits per heavy atom. The second-order valence-electron chi connectivity index (χ2n) is 4.36. The van der Waals surface area contributed by atoms with Crippen LogP contribution < -0.4 is 5.32 Å². The Bertz CT molecular complexity index is 681. The molecule has 0 fully saturated rings. The van der Waals surface area contributed by atoms with Gasteiger partial charge in [-0.15, -0.1) is 11.3 Å². The van der Waals surface area contributed by atoms with E-state index < -0.39 is 6.10 Å². The van der Waals surface area contributed by atoms with Crippen LogP contribution in [0.5, 0.6) is 0 Å². The molecule has 6 heteroatoms. The third-order valence-corrected chi connectivity index (χ3v) is 3.99. The smallest absolute Gasteiger partial charge is 0.137 e. The van der Waals surface area contributed by atoms with E-state index in [4.69, 9.17) is 0 Å². The molecule has 3 aromatic heterocycles. The Kier molecular flexibility index (Phi) is 3.85. The van der Waals surface area contributed by atoms with Crippen LogP contribution in [0.1, 0.15) is 17.4 Å². The van der Waals surface area contributed by atoms with Crippen molar-refractivity contribution in [2.24, 2.45) is 0 Å². The second-order valence-corrected chi connectivity index (χ2v) is 5.34. The van der Waals surface area contributed by atoms with Crippen molar-refractivity contribution in [1.29, 1.82) is 0 Å². The Morgan fingerprint density at radius 3 is 3.10 bits per heavy atom. The number of nitrogens with zero attached hydrogens (tertiary/aromatic N) is 3. The maximum atomic E-state index is 10.0. The maximum Gasteiger partial charge on any atom is 0.137 e. The normalized spacial score (nSPS) is 12.4. The molecule has 5 nitrogen and oxygen atoms in total. The van der Waals surface area contributed by atoms with Crippen LogP contribution in [0.25, 0.3) is 10.9 Å². The standard InChI is InChI=1S/C14H14N4OS/c19-12(13-2-1-7-20-13)4-6-16-14-10-3-5-15-8-11(10)17-9-18-14/h1-3,5,7-9,12,19H,4,6H2,(H,16,17,18). The highest BCUT2D eigenvalue weighted by Gasteiger charge is 2.09. The number of aromatic nitrogens is 3. The van der Waals surface area contributed by atoms with E-state index in [-0.39, 0.29) is 0 Å². The van der Waals surface area contributed by atoms with Gasteiger partial charge in [0.1, 0.15) is 12.1 Å². The lowest BCUT2D eigenvalue weighted by Gasteiger charge is -2.11. The highest BCUT2D eigenvalue weighted by Crippen LogP contribution is 2.22. The Balaban J connectivity index is 1.66. The third kappa shape index (κ3) is 2.76. The number of thiophene rings is 1. The monoisotopic (exact) mass is 286 g/mol. The Morgan fingerprint density at radius 2 is 2.25 bits per heavy atom. The number of hydrogen-bond donors (Lipinski definition) is 2. The first kappa shape index (κ1) is 13.0. The molecule has 0 aliphatic rings. The van der Waals surface area contributed by atoms with Crippen LogP contribution in [-0.4, -0.2) is 26.6 Å². The summed E-state index contributed by atoms with van der Waals surface area (Å²) in [5.41, 5.74) is 0.809. The van der Waals surface area contributed by atoms with Gasteiger partial charge in [-0.2, -0.15) is 0 Å². The third-order valence-electron chi connectivity index (χ3n) is 3.02. The van der Waals surface area contributed by atoms with Crippen molar-refractivity contribution >= 4 is 28.1 Å². The lowest BCUT2D eigenvalue weighted by Crippen LogP contribution is -2.08. The van der Waals surface area contributed by atoms with E-state index in [0.717, 1.165) is 21.6 Å². The minimum Gasteiger partial charge on any atom is -0.388 e. The molecule has 0 saturated heterocycles. The van der Waals surface area contributed by atoms with Gasteiger partial charge in [-0.3, -0.25) is 4.98 Å². The maximum absolute atomic E-state index is 10.0. The van der Waals surface area contributed by atoms with Crippen LogP contribution in [0.4, 0.5) is 5.82 Å². The van der Waals surface area contributed by atoms with Crippen molar-refractivity contribution in [2.75, 3.05) is 11.9 Å². The molecule has 3 aromatic rings. The summed E-state index contributed by atoms with van der Waals surface area (Å²) < 4.78 is 0. The zero-order valence-corrected chi connectivity index (χ0v) is 11.5. The number of nitrogens with one attached hydrogen (secondary N) is 1. The van der Waals surface area contributed by atoms with Gasteiger partial charge < -0.3 is 10.4 Å².